The minimum atomic E-state index is -0.0451. The maximum absolute atomic E-state index is 12.4. The fourth-order valence-electron chi connectivity index (χ4n) is 2.18. The van der Waals surface area contributed by atoms with E-state index in [0.717, 1.165) is 17.7 Å². The van der Waals surface area contributed by atoms with Gasteiger partial charge in [-0.25, -0.2) is 0 Å². The average Bonchev–Trinajstić information content (AvgIpc) is 2.86. The van der Waals surface area contributed by atoms with Gasteiger partial charge in [0, 0.05) is 17.0 Å². The topological polar surface area (TPSA) is 26.3 Å². The fraction of sp³-hybridized carbons (Fsp3) is 0.133. The fourth-order valence-corrected chi connectivity index (χ4v) is 2.37. The molecule has 18 heavy (non-hydrogen) atoms. The Balaban J connectivity index is 2.06. The van der Waals surface area contributed by atoms with E-state index in [1.807, 2.05) is 12.1 Å². The molecule has 3 heteroatoms. The number of rotatable bonds is 2. The second kappa shape index (κ2) is 4.46. The molecule has 0 aromatic heterocycles. The Morgan fingerprint density at radius 3 is 2.83 bits per heavy atom. The highest BCUT2D eigenvalue weighted by atomic mass is 35.5. The van der Waals surface area contributed by atoms with Crippen LogP contribution in [-0.2, 0) is 6.42 Å². The number of hydrogen-bond donors (Lipinski definition) is 0. The predicted octanol–water partition coefficient (Wildman–Crippen LogP) is 3.51. The minimum absolute atomic E-state index is 0.0451. The van der Waals surface area contributed by atoms with Gasteiger partial charge in [0.15, 0.2) is 5.78 Å². The molecular weight excluding hydrogens is 248 g/mol. The summed E-state index contributed by atoms with van der Waals surface area (Å²) in [6, 6.07) is 12.7. The molecule has 2 aromatic carbocycles. The highest BCUT2D eigenvalue weighted by molar-refractivity contribution is 6.31. The van der Waals surface area contributed by atoms with Gasteiger partial charge in [-0.05, 0) is 23.8 Å². The molecule has 0 unspecified atom stereocenters. The van der Waals surface area contributed by atoms with Crippen LogP contribution in [0.25, 0.3) is 0 Å². The van der Waals surface area contributed by atoms with Gasteiger partial charge in [-0.2, -0.15) is 0 Å². The van der Waals surface area contributed by atoms with E-state index in [2.05, 4.69) is 0 Å². The van der Waals surface area contributed by atoms with Crippen LogP contribution in [0, 0.1) is 0 Å². The van der Waals surface area contributed by atoms with Gasteiger partial charge in [0.2, 0.25) is 0 Å². The summed E-state index contributed by atoms with van der Waals surface area (Å²) in [6.45, 7) is 0.648. The van der Waals surface area contributed by atoms with Gasteiger partial charge in [0.1, 0.15) is 5.75 Å². The third kappa shape index (κ3) is 1.89. The van der Waals surface area contributed by atoms with Crippen LogP contribution < -0.4 is 4.74 Å². The SMILES string of the molecule is O=C(c1cccc(Cl)c1)c1cccc2c1OCC2. The first kappa shape index (κ1) is 11.3. The van der Waals surface area contributed by atoms with Crippen molar-refractivity contribution < 1.29 is 9.53 Å². The van der Waals surface area contributed by atoms with Gasteiger partial charge in [0.25, 0.3) is 0 Å². The van der Waals surface area contributed by atoms with Crippen molar-refractivity contribution in [3.05, 3.63) is 64.2 Å². The number of fused-ring (bicyclic) bond motifs is 1. The third-order valence-electron chi connectivity index (χ3n) is 3.05. The predicted molar refractivity (Wildman–Crippen MR) is 70.5 cm³/mol. The Labute approximate surface area is 110 Å². The molecule has 1 heterocycles. The number of carbonyl (C=O) groups excluding carboxylic acids is 1. The maximum atomic E-state index is 12.4. The quantitative estimate of drug-likeness (QED) is 0.771. The van der Waals surface area contributed by atoms with Crippen LogP contribution in [0.3, 0.4) is 0 Å². The molecule has 0 radical (unpaired) electrons. The zero-order valence-electron chi connectivity index (χ0n) is 9.65. The molecule has 0 saturated heterocycles. The van der Waals surface area contributed by atoms with Gasteiger partial charge in [-0.1, -0.05) is 35.9 Å². The van der Waals surface area contributed by atoms with Gasteiger partial charge in [0.05, 0.1) is 12.2 Å². The summed E-state index contributed by atoms with van der Waals surface area (Å²) < 4.78 is 5.55. The molecule has 0 saturated carbocycles. The molecule has 0 N–H and O–H groups in total. The number of ketones is 1. The lowest BCUT2D eigenvalue weighted by Crippen LogP contribution is -2.03. The van der Waals surface area contributed by atoms with Crippen LogP contribution in [0.5, 0.6) is 5.75 Å². The lowest BCUT2D eigenvalue weighted by atomic mass is 10.00. The van der Waals surface area contributed by atoms with Gasteiger partial charge < -0.3 is 4.74 Å². The number of benzene rings is 2. The molecule has 0 amide bonds. The molecular formula is C15H11ClO2. The van der Waals surface area contributed by atoms with E-state index in [-0.39, 0.29) is 5.78 Å². The molecule has 90 valence electrons. The van der Waals surface area contributed by atoms with Crippen LogP contribution in [0.4, 0.5) is 0 Å². The summed E-state index contributed by atoms with van der Waals surface area (Å²) in [7, 11) is 0. The Hall–Kier alpha value is -1.80. The molecule has 0 aliphatic carbocycles. The third-order valence-corrected chi connectivity index (χ3v) is 3.28. The largest absolute Gasteiger partial charge is 0.492 e. The highest BCUT2D eigenvalue weighted by Crippen LogP contribution is 2.31. The number of ether oxygens (including phenoxy) is 1. The van der Waals surface area contributed by atoms with E-state index in [1.54, 1.807) is 30.3 Å². The molecule has 1 aliphatic rings. The summed E-state index contributed by atoms with van der Waals surface area (Å²) in [5.74, 6) is 0.679. The molecule has 0 fully saturated rings. The van der Waals surface area contributed by atoms with E-state index in [0.29, 0.717) is 22.8 Å². The van der Waals surface area contributed by atoms with Crippen molar-refractivity contribution in [1.29, 1.82) is 0 Å². The summed E-state index contributed by atoms with van der Waals surface area (Å²) in [6.07, 6.45) is 0.867. The Morgan fingerprint density at radius 1 is 1.17 bits per heavy atom. The van der Waals surface area contributed by atoms with E-state index in [4.69, 9.17) is 16.3 Å². The van der Waals surface area contributed by atoms with Crippen molar-refractivity contribution >= 4 is 17.4 Å². The lowest BCUT2D eigenvalue weighted by Gasteiger charge is -2.07. The second-order valence-corrected chi connectivity index (χ2v) is 4.67. The van der Waals surface area contributed by atoms with Crippen molar-refractivity contribution in [1.82, 2.24) is 0 Å². The summed E-state index contributed by atoms with van der Waals surface area (Å²) in [5.41, 5.74) is 2.31. The van der Waals surface area contributed by atoms with E-state index < -0.39 is 0 Å². The summed E-state index contributed by atoms with van der Waals surface area (Å²) in [4.78, 5) is 12.4. The van der Waals surface area contributed by atoms with E-state index in [1.165, 1.54) is 0 Å². The molecule has 2 nitrogen and oxygen atoms in total. The average molecular weight is 259 g/mol. The molecule has 0 bridgehead atoms. The zero-order chi connectivity index (χ0) is 12.5. The minimum Gasteiger partial charge on any atom is -0.492 e. The van der Waals surface area contributed by atoms with E-state index in [9.17, 15) is 4.79 Å². The highest BCUT2D eigenvalue weighted by Gasteiger charge is 2.21. The first-order valence-electron chi connectivity index (χ1n) is 5.80. The molecule has 0 atom stereocenters. The Kier molecular flexibility index (Phi) is 2.80. The van der Waals surface area contributed by atoms with Crippen LogP contribution in [0.2, 0.25) is 5.02 Å². The molecule has 0 spiro atoms. The van der Waals surface area contributed by atoms with Crippen LogP contribution in [0.1, 0.15) is 21.5 Å². The first-order chi connectivity index (χ1) is 8.75. The standard InChI is InChI=1S/C15H11ClO2/c16-12-5-1-4-11(9-12)14(17)13-6-2-3-10-7-8-18-15(10)13/h1-6,9H,7-8H2. The van der Waals surface area contributed by atoms with Crippen LogP contribution >= 0.6 is 11.6 Å². The zero-order valence-corrected chi connectivity index (χ0v) is 10.4. The van der Waals surface area contributed by atoms with Crippen molar-refractivity contribution in [2.75, 3.05) is 6.61 Å². The normalized spacial score (nSPS) is 12.9. The van der Waals surface area contributed by atoms with Crippen LogP contribution in [-0.4, -0.2) is 12.4 Å². The number of halogens is 1. The molecule has 1 aliphatic heterocycles. The first-order valence-corrected chi connectivity index (χ1v) is 6.18. The smallest absolute Gasteiger partial charge is 0.196 e. The number of carbonyl (C=O) groups is 1. The van der Waals surface area contributed by atoms with Crippen molar-refractivity contribution in [3.63, 3.8) is 0 Å². The van der Waals surface area contributed by atoms with Crippen LogP contribution in [0.15, 0.2) is 42.5 Å². The monoisotopic (exact) mass is 258 g/mol. The Morgan fingerprint density at radius 2 is 2.00 bits per heavy atom. The summed E-state index contributed by atoms with van der Waals surface area (Å²) >= 11 is 5.91. The number of hydrogen-bond acceptors (Lipinski definition) is 2. The van der Waals surface area contributed by atoms with Crippen molar-refractivity contribution in [2.24, 2.45) is 0 Å². The van der Waals surface area contributed by atoms with Gasteiger partial charge in [-0.15, -0.1) is 0 Å². The van der Waals surface area contributed by atoms with Crippen molar-refractivity contribution in [2.45, 2.75) is 6.42 Å². The Bertz CT molecular complexity index is 620. The molecule has 3 rings (SSSR count). The van der Waals surface area contributed by atoms with Gasteiger partial charge in [-0.3, -0.25) is 4.79 Å². The van der Waals surface area contributed by atoms with E-state index >= 15 is 0 Å². The van der Waals surface area contributed by atoms with Gasteiger partial charge >= 0.3 is 0 Å². The lowest BCUT2D eigenvalue weighted by molar-refractivity contribution is 0.103. The summed E-state index contributed by atoms with van der Waals surface area (Å²) in [5, 5.41) is 0.564. The van der Waals surface area contributed by atoms with Crippen molar-refractivity contribution in [3.8, 4) is 5.75 Å². The second-order valence-electron chi connectivity index (χ2n) is 4.23. The maximum Gasteiger partial charge on any atom is 0.196 e. The number of para-hydroxylation sites is 1. The molecule has 2 aromatic rings.